The highest BCUT2D eigenvalue weighted by atomic mass is 16.5. The van der Waals surface area contributed by atoms with E-state index in [0.29, 0.717) is 0 Å². The Kier molecular flexibility index (Phi) is 3.61. The van der Waals surface area contributed by atoms with Crippen LogP contribution < -0.4 is 4.74 Å². The minimum atomic E-state index is -0.263. The lowest BCUT2D eigenvalue weighted by Crippen LogP contribution is -2.40. The first-order valence-electron chi connectivity index (χ1n) is 6.71. The number of nitrogens with zero attached hydrogens (tertiary/aromatic N) is 1. The van der Waals surface area contributed by atoms with Crippen LogP contribution >= 0.6 is 0 Å². The van der Waals surface area contributed by atoms with Crippen molar-refractivity contribution in [3.05, 3.63) is 29.3 Å². The molecule has 0 N–H and O–H groups in total. The fraction of sp³-hybridized carbons (Fsp3) is 0.562. The van der Waals surface area contributed by atoms with E-state index in [-0.39, 0.29) is 5.41 Å². The molecule has 0 saturated heterocycles. The van der Waals surface area contributed by atoms with Crippen LogP contribution in [0.3, 0.4) is 0 Å². The third kappa shape index (κ3) is 2.10. The molecule has 1 aromatic carbocycles. The van der Waals surface area contributed by atoms with Crippen LogP contribution in [0.1, 0.15) is 43.7 Å². The second kappa shape index (κ2) is 5.02. The van der Waals surface area contributed by atoms with E-state index in [4.69, 9.17) is 4.74 Å². The molecule has 0 unspecified atom stereocenters. The van der Waals surface area contributed by atoms with Gasteiger partial charge in [-0.3, -0.25) is 0 Å². The number of rotatable bonds is 4. The number of aryl methyl sites for hydroxylation is 1. The van der Waals surface area contributed by atoms with E-state index in [2.05, 4.69) is 25.1 Å². The van der Waals surface area contributed by atoms with Gasteiger partial charge in [0, 0.05) is 0 Å². The van der Waals surface area contributed by atoms with Crippen molar-refractivity contribution in [2.75, 3.05) is 7.11 Å². The fourth-order valence-electron chi connectivity index (χ4n) is 3.05. The van der Waals surface area contributed by atoms with Gasteiger partial charge >= 0.3 is 0 Å². The standard InChI is InChI=1S/C16H21NO/c1-4-5-13-9-16(10-13,11-17)14-7-6-12(2)15(8-14)18-3/h6-8,13H,4-5,9-10H2,1-3H3. The van der Waals surface area contributed by atoms with Crippen LogP contribution in [0.25, 0.3) is 0 Å². The SMILES string of the molecule is CCCC1CC(C#N)(c2ccc(C)c(OC)c2)C1. The topological polar surface area (TPSA) is 33.0 Å². The van der Waals surface area contributed by atoms with Gasteiger partial charge in [-0.25, -0.2) is 0 Å². The van der Waals surface area contributed by atoms with Gasteiger partial charge in [0.2, 0.25) is 0 Å². The van der Waals surface area contributed by atoms with Gasteiger partial charge in [-0.1, -0.05) is 31.9 Å². The number of ether oxygens (including phenoxy) is 1. The van der Waals surface area contributed by atoms with Gasteiger partial charge in [0.1, 0.15) is 5.75 Å². The number of hydrogen-bond donors (Lipinski definition) is 0. The predicted octanol–water partition coefficient (Wildman–Crippen LogP) is 3.98. The summed E-state index contributed by atoms with van der Waals surface area (Å²) in [4.78, 5) is 0. The molecule has 0 spiro atoms. The summed E-state index contributed by atoms with van der Waals surface area (Å²) >= 11 is 0. The molecule has 1 aliphatic rings. The number of hydrogen-bond acceptors (Lipinski definition) is 2. The Labute approximate surface area is 110 Å². The van der Waals surface area contributed by atoms with Gasteiger partial charge in [-0.05, 0) is 42.9 Å². The van der Waals surface area contributed by atoms with Crippen LogP contribution in [0, 0.1) is 24.2 Å². The molecule has 0 aromatic heterocycles. The van der Waals surface area contributed by atoms with Gasteiger partial charge in [0.15, 0.2) is 0 Å². The number of methoxy groups -OCH3 is 1. The summed E-state index contributed by atoms with van der Waals surface area (Å²) in [5.41, 5.74) is 1.99. The van der Waals surface area contributed by atoms with Gasteiger partial charge < -0.3 is 4.74 Å². The highest BCUT2D eigenvalue weighted by Gasteiger charge is 2.45. The Morgan fingerprint density at radius 2 is 2.17 bits per heavy atom. The van der Waals surface area contributed by atoms with E-state index in [1.165, 1.54) is 12.8 Å². The maximum Gasteiger partial charge on any atom is 0.122 e. The van der Waals surface area contributed by atoms with Crippen molar-refractivity contribution in [2.45, 2.75) is 44.9 Å². The summed E-state index contributed by atoms with van der Waals surface area (Å²) in [7, 11) is 1.69. The van der Waals surface area contributed by atoms with Crippen LogP contribution in [0.2, 0.25) is 0 Å². The first-order valence-corrected chi connectivity index (χ1v) is 6.71. The van der Waals surface area contributed by atoms with Crippen molar-refractivity contribution in [3.63, 3.8) is 0 Å². The lowest BCUT2D eigenvalue weighted by Gasteiger charge is -2.43. The van der Waals surface area contributed by atoms with Crippen molar-refractivity contribution in [2.24, 2.45) is 5.92 Å². The molecule has 96 valence electrons. The Balaban J connectivity index is 2.23. The molecule has 1 aliphatic carbocycles. The molecule has 0 aliphatic heterocycles. The fourth-order valence-corrected chi connectivity index (χ4v) is 3.05. The molecule has 0 heterocycles. The van der Waals surface area contributed by atoms with Crippen molar-refractivity contribution < 1.29 is 4.74 Å². The van der Waals surface area contributed by atoms with E-state index < -0.39 is 0 Å². The zero-order valence-corrected chi connectivity index (χ0v) is 11.5. The lowest BCUT2D eigenvalue weighted by molar-refractivity contribution is 0.184. The quantitative estimate of drug-likeness (QED) is 0.801. The Bertz CT molecular complexity index is 466. The Morgan fingerprint density at radius 3 is 2.72 bits per heavy atom. The summed E-state index contributed by atoms with van der Waals surface area (Å²) in [6.45, 7) is 4.24. The first kappa shape index (κ1) is 13.0. The van der Waals surface area contributed by atoms with Crippen molar-refractivity contribution in [3.8, 4) is 11.8 Å². The molecule has 2 nitrogen and oxygen atoms in total. The largest absolute Gasteiger partial charge is 0.496 e. The van der Waals surface area contributed by atoms with Gasteiger partial charge in [0.25, 0.3) is 0 Å². The second-order valence-corrected chi connectivity index (χ2v) is 5.44. The van der Waals surface area contributed by atoms with Crippen LogP contribution in [-0.4, -0.2) is 7.11 Å². The smallest absolute Gasteiger partial charge is 0.122 e. The maximum atomic E-state index is 9.52. The van der Waals surface area contributed by atoms with E-state index in [1.807, 2.05) is 13.0 Å². The summed E-state index contributed by atoms with van der Waals surface area (Å²) in [6.07, 6.45) is 4.46. The molecule has 2 heteroatoms. The molecular weight excluding hydrogens is 222 g/mol. The normalized spacial score (nSPS) is 26.2. The van der Waals surface area contributed by atoms with E-state index >= 15 is 0 Å². The minimum Gasteiger partial charge on any atom is -0.496 e. The molecule has 0 bridgehead atoms. The minimum absolute atomic E-state index is 0.263. The van der Waals surface area contributed by atoms with Crippen LogP contribution in [0.15, 0.2) is 18.2 Å². The van der Waals surface area contributed by atoms with Gasteiger partial charge in [-0.2, -0.15) is 5.26 Å². The summed E-state index contributed by atoms with van der Waals surface area (Å²) in [6, 6.07) is 8.72. The van der Waals surface area contributed by atoms with E-state index in [9.17, 15) is 5.26 Å². The second-order valence-electron chi connectivity index (χ2n) is 5.44. The molecule has 1 aromatic rings. The molecule has 1 saturated carbocycles. The van der Waals surface area contributed by atoms with Crippen molar-refractivity contribution in [1.29, 1.82) is 5.26 Å². The zero-order valence-electron chi connectivity index (χ0n) is 11.5. The summed E-state index contributed by atoms with van der Waals surface area (Å²) < 4.78 is 5.36. The molecule has 18 heavy (non-hydrogen) atoms. The number of nitriles is 1. The molecule has 0 amide bonds. The highest BCUT2D eigenvalue weighted by Crippen LogP contribution is 2.49. The molecule has 2 rings (SSSR count). The summed E-state index contributed by atoms with van der Waals surface area (Å²) in [5.74, 6) is 1.61. The van der Waals surface area contributed by atoms with Crippen molar-refractivity contribution >= 4 is 0 Å². The van der Waals surface area contributed by atoms with E-state index in [0.717, 1.165) is 35.6 Å². The molecule has 0 radical (unpaired) electrons. The lowest BCUT2D eigenvalue weighted by atomic mass is 9.58. The van der Waals surface area contributed by atoms with E-state index in [1.54, 1.807) is 7.11 Å². The Morgan fingerprint density at radius 1 is 1.44 bits per heavy atom. The summed E-state index contributed by atoms with van der Waals surface area (Å²) in [5, 5.41) is 9.52. The highest BCUT2D eigenvalue weighted by molar-refractivity contribution is 5.44. The van der Waals surface area contributed by atoms with Crippen LogP contribution in [0.5, 0.6) is 5.75 Å². The molecule has 0 atom stereocenters. The van der Waals surface area contributed by atoms with Crippen LogP contribution in [-0.2, 0) is 5.41 Å². The average Bonchev–Trinajstić information content (AvgIpc) is 2.34. The molecule has 1 fully saturated rings. The number of benzene rings is 1. The third-order valence-corrected chi connectivity index (χ3v) is 4.15. The molecular formula is C16H21NO. The first-order chi connectivity index (χ1) is 8.65. The maximum absolute atomic E-state index is 9.52. The monoisotopic (exact) mass is 243 g/mol. The van der Waals surface area contributed by atoms with Crippen LogP contribution in [0.4, 0.5) is 0 Å². The van der Waals surface area contributed by atoms with Crippen molar-refractivity contribution in [1.82, 2.24) is 0 Å². The Hall–Kier alpha value is -1.49. The third-order valence-electron chi connectivity index (χ3n) is 4.15. The predicted molar refractivity (Wildman–Crippen MR) is 72.7 cm³/mol. The zero-order chi connectivity index (χ0) is 13.2. The van der Waals surface area contributed by atoms with Gasteiger partial charge in [0.05, 0.1) is 18.6 Å². The average molecular weight is 243 g/mol. The van der Waals surface area contributed by atoms with Gasteiger partial charge in [-0.15, -0.1) is 0 Å².